The molecule has 1 amide bonds. The van der Waals surface area contributed by atoms with Crippen molar-refractivity contribution in [3.8, 4) is 0 Å². The molecule has 15 heavy (non-hydrogen) atoms. The standard InChI is InChI=1S/C11H13BrN2O/c1-13(14-8-2-3-11(14)15)10-6-4-9(12)5-7-10/h4-7H,2-3,8H2,1H3. The van der Waals surface area contributed by atoms with Gasteiger partial charge in [0, 0.05) is 24.5 Å². The van der Waals surface area contributed by atoms with E-state index in [0.29, 0.717) is 6.42 Å². The molecule has 1 aromatic carbocycles. The fourth-order valence-corrected chi connectivity index (χ4v) is 2.01. The molecule has 2 rings (SSSR count). The topological polar surface area (TPSA) is 23.6 Å². The van der Waals surface area contributed by atoms with Crippen molar-refractivity contribution < 1.29 is 4.79 Å². The number of nitrogens with zero attached hydrogens (tertiary/aromatic N) is 2. The lowest BCUT2D eigenvalue weighted by Crippen LogP contribution is -2.40. The molecule has 0 saturated carbocycles. The van der Waals surface area contributed by atoms with Gasteiger partial charge in [0.05, 0.1) is 5.69 Å². The first-order valence-electron chi connectivity index (χ1n) is 4.98. The zero-order valence-corrected chi connectivity index (χ0v) is 10.2. The molecule has 80 valence electrons. The number of halogens is 1. The van der Waals surface area contributed by atoms with Crippen LogP contribution in [0.25, 0.3) is 0 Å². The summed E-state index contributed by atoms with van der Waals surface area (Å²) in [6.07, 6.45) is 1.63. The summed E-state index contributed by atoms with van der Waals surface area (Å²) in [7, 11) is 1.92. The Morgan fingerprint density at radius 3 is 2.53 bits per heavy atom. The third-order valence-corrected chi connectivity index (χ3v) is 3.14. The molecule has 4 heteroatoms. The van der Waals surface area contributed by atoms with Crippen LogP contribution in [-0.4, -0.2) is 24.5 Å². The van der Waals surface area contributed by atoms with Crippen LogP contribution in [0, 0.1) is 0 Å². The van der Waals surface area contributed by atoms with Crippen LogP contribution in [0.3, 0.4) is 0 Å². The minimum Gasteiger partial charge on any atom is -0.286 e. The first-order valence-corrected chi connectivity index (χ1v) is 5.77. The molecule has 1 aromatic rings. The Hall–Kier alpha value is -1.03. The third kappa shape index (κ3) is 2.15. The maximum absolute atomic E-state index is 11.5. The third-order valence-electron chi connectivity index (χ3n) is 2.61. The van der Waals surface area contributed by atoms with Crippen molar-refractivity contribution in [2.75, 3.05) is 18.6 Å². The van der Waals surface area contributed by atoms with E-state index in [1.807, 2.05) is 36.3 Å². The van der Waals surface area contributed by atoms with Crippen LogP contribution < -0.4 is 5.01 Å². The average Bonchev–Trinajstić information content (AvgIpc) is 2.65. The Bertz CT molecular complexity index is 363. The van der Waals surface area contributed by atoms with Crippen molar-refractivity contribution in [1.82, 2.24) is 5.01 Å². The Labute approximate surface area is 97.8 Å². The molecular weight excluding hydrogens is 256 g/mol. The molecule has 3 nitrogen and oxygen atoms in total. The number of benzene rings is 1. The largest absolute Gasteiger partial charge is 0.286 e. The van der Waals surface area contributed by atoms with E-state index < -0.39 is 0 Å². The molecule has 1 heterocycles. The van der Waals surface area contributed by atoms with Gasteiger partial charge in [-0.2, -0.15) is 0 Å². The summed E-state index contributed by atoms with van der Waals surface area (Å²) in [6.45, 7) is 0.825. The van der Waals surface area contributed by atoms with Gasteiger partial charge in [-0.25, -0.2) is 0 Å². The highest BCUT2D eigenvalue weighted by molar-refractivity contribution is 9.10. The molecule has 0 bridgehead atoms. The highest BCUT2D eigenvalue weighted by Crippen LogP contribution is 2.21. The lowest BCUT2D eigenvalue weighted by Gasteiger charge is -2.29. The van der Waals surface area contributed by atoms with Crippen molar-refractivity contribution in [2.45, 2.75) is 12.8 Å². The molecule has 0 N–H and O–H groups in total. The van der Waals surface area contributed by atoms with Gasteiger partial charge in [-0.05, 0) is 30.7 Å². The normalized spacial score (nSPS) is 15.9. The van der Waals surface area contributed by atoms with E-state index in [2.05, 4.69) is 15.9 Å². The van der Waals surface area contributed by atoms with Crippen molar-refractivity contribution in [3.63, 3.8) is 0 Å². The smallest absolute Gasteiger partial charge is 0.241 e. The summed E-state index contributed by atoms with van der Waals surface area (Å²) in [6, 6.07) is 7.95. The number of hydrogen-bond donors (Lipinski definition) is 0. The summed E-state index contributed by atoms with van der Waals surface area (Å²) in [4.78, 5) is 11.5. The second kappa shape index (κ2) is 4.23. The quantitative estimate of drug-likeness (QED) is 0.823. The second-order valence-electron chi connectivity index (χ2n) is 3.62. The lowest BCUT2D eigenvalue weighted by molar-refractivity contribution is -0.128. The molecule has 1 aliphatic rings. The summed E-state index contributed by atoms with van der Waals surface area (Å²) < 4.78 is 1.05. The Kier molecular flexibility index (Phi) is 2.95. The highest BCUT2D eigenvalue weighted by atomic mass is 79.9. The number of anilines is 1. The van der Waals surface area contributed by atoms with Crippen LogP contribution in [0.2, 0.25) is 0 Å². The zero-order valence-electron chi connectivity index (χ0n) is 8.61. The number of hydrogen-bond acceptors (Lipinski definition) is 2. The van der Waals surface area contributed by atoms with Crippen LogP contribution >= 0.6 is 15.9 Å². The molecule has 1 aliphatic heterocycles. The molecule has 0 spiro atoms. The van der Waals surface area contributed by atoms with E-state index in [-0.39, 0.29) is 5.91 Å². The summed E-state index contributed by atoms with van der Waals surface area (Å²) in [5.41, 5.74) is 1.04. The number of rotatable bonds is 2. The van der Waals surface area contributed by atoms with Crippen molar-refractivity contribution in [1.29, 1.82) is 0 Å². The Morgan fingerprint density at radius 1 is 1.33 bits per heavy atom. The highest BCUT2D eigenvalue weighted by Gasteiger charge is 2.23. The molecular formula is C11H13BrN2O. The van der Waals surface area contributed by atoms with E-state index in [4.69, 9.17) is 0 Å². The van der Waals surface area contributed by atoms with Crippen LogP contribution in [0.4, 0.5) is 5.69 Å². The van der Waals surface area contributed by atoms with E-state index in [0.717, 1.165) is 23.1 Å². The van der Waals surface area contributed by atoms with Gasteiger partial charge in [0.15, 0.2) is 0 Å². The maximum atomic E-state index is 11.5. The van der Waals surface area contributed by atoms with Gasteiger partial charge in [0.25, 0.3) is 0 Å². The summed E-state index contributed by atoms with van der Waals surface area (Å²) >= 11 is 3.39. The maximum Gasteiger partial charge on any atom is 0.241 e. The fraction of sp³-hybridized carbons (Fsp3) is 0.364. The monoisotopic (exact) mass is 268 g/mol. The van der Waals surface area contributed by atoms with Gasteiger partial charge in [0.1, 0.15) is 0 Å². The first kappa shape index (κ1) is 10.5. The number of carbonyl (C=O) groups excluding carboxylic acids is 1. The average molecular weight is 269 g/mol. The van der Waals surface area contributed by atoms with Crippen LogP contribution in [-0.2, 0) is 4.79 Å². The van der Waals surface area contributed by atoms with Gasteiger partial charge >= 0.3 is 0 Å². The summed E-state index contributed by atoms with van der Waals surface area (Å²) in [5.74, 6) is 0.209. The van der Waals surface area contributed by atoms with Crippen LogP contribution in [0.15, 0.2) is 28.7 Å². The first-order chi connectivity index (χ1) is 7.18. The molecule has 0 unspecified atom stereocenters. The molecule has 1 fully saturated rings. The lowest BCUT2D eigenvalue weighted by atomic mass is 10.3. The zero-order chi connectivity index (χ0) is 10.8. The predicted molar refractivity (Wildman–Crippen MR) is 63.5 cm³/mol. The fourth-order valence-electron chi connectivity index (χ4n) is 1.75. The SMILES string of the molecule is CN(c1ccc(Br)cc1)N1CCCC1=O. The minimum absolute atomic E-state index is 0.209. The molecule has 0 aliphatic carbocycles. The molecule has 0 atom stereocenters. The molecule has 1 saturated heterocycles. The Morgan fingerprint density at radius 2 is 2.00 bits per heavy atom. The molecule has 0 radical (unpaired) electrons. The number of hydrazine groups is 1. The van der Waals surface area contributed by atoms with Gasteiger partial charge < -0.3 is 0 Å². The van der Waals surface area contributed by atoms with Crippen LogP contribution in [0.5, 0.6) is 0 Å². The summed E-state index contributed by atoms with van der Waals surface area (Å²) in [5, 5.41) is 3.71. The van der Waals surface area contributed by atoms with E-state index in [9.17, 15) is 4.79 Å². The van der Waals surface area contributed by atoms with Crippen LogP contribution in [0.1, 0.15) is 12.8 Å². The second-order valence-corrected chi connectivity index (χ2v) is 4.54. The predicted octanol–water partition coefficient (Wildman–Crippen LogP) is 2.42. The van der Waals surface area contributed by atoms with Crippen molar-refractivity contribution in [3.05, 3.63) is 28.7 Å². The van der Waals surface area contributed by atoms with Gasteiger partial charge in [-0.1, -0.05) is 15.9 Å². The van der Waals surface area contributed by atoms with Gasteiger partial charge in [-0.3, -0.25) is 14.8 Å². The van der Waals surface area contributed by atoms with Crippen molar-refractivity contribution in [2.24, 2.45) is 0 Å². The molecule has 0 aromatic heterocycles. The van der Waals surface area contributed by atoms with E-state index >= 15 is 0 Å². The van der Waals surface area contributed by atoms with E-state index in [1.54, 1.807) is 5.01 Å². The Balaban J connectivity index is 2.16. The number of amides is 1. The van der Waals surface area contributed by atoms with E-state index in [1.165, 1.54) is 0 Å². The van der Waals surface area contributed by atoms with Gasteiger partial charge in [-0.15, -0.1) is 0 Å². The van der Waals surface area contributed by atoms with Gasteiger partial charge in [0.2, 0.25) is 5.91 Å². The minimum atomic E-state index is 0.209. The van der Waals surface area contributed by atoms with Crippen molar-refractivity contribution >= 4 is 27.5 Å². The number of carbonyl (C=O) groups is 1.